The molecule has 34 heavy (non-hydrogen) atoms. The van der Waals surface area contributed by atoms with Gasteiger partial charge < -0.3 is 18.4 Å². The largest absolute Gasteiger partial charge is 0.497 e. The first-order valence-electron chi connectivity index (χ1n) is 10.5. The summed E-state index contributed by atoms with van der Waals surface area (Å²) in [6.45, 7) is 3.41. The van der Waals surface area contributed by atoms with Gasteiger partial charge >= 0.3 is 5.97 Å². The third kappa shape index (κ3) is 3.99. The Hall–Kier alpha value is -4.53. The van der Waals surface area contributed by atoms with Crippen LogP contribution in [-0.4, -0.2) is 33.4 Å². The van der Waals surface area contributed by atoms with Crippen molar-refractivity contribution in [2.75, 3.05) is 7.11 Å². The number of aromatic nitrogens is 4. The average Bonchev–Trinajstić information content (AvgIpc) is 3.52. The van der Waals surface area contributed by atoms with Gasteiger partial charge in [-0.3, -0.25) is 0 Å². The Balaban J connectivity index is 1.42. The summed E-state index contributed by atoms with van der Waals surface area (Å²) in [5.74, 6) is 0.629. The summed E-state index contributed by atoms with van der Waals surface area (Å²) < 4.78 is 21.9. The summed E-state index contributed by atoms with van der Waals surface area (Å²) in [5.41, 5.74) is 3.23. The van der Waals surface area contributed by atoms with E-state index in [2.05, 4.69) is 20.3 Å². The topological polar surface area (TPSA) is 113 Å². The van der Waals surface area contributed by atoms with E-state index < -0.39 is 12.1 Å². The highest BCUT2D eigenvalue weighted by atomic mass is 16.6. The molecule has 9 heteroatoms. The standard InChI is InChI=1S/C25H20N4O5/c1-14-21-19(13-20(26-24(21)34-29-14)16-7-5-4-6-8-16)25(30)32-15(2)22-27-28-23(33-22)17-9-11-18(31-3)12-10-17/h4-13,15H,1-3H3. The molecule has 0 aliphatic carbocycles. The molecule has 0 fully saturated rings. The number of ether oxygens (including phenoxy) is 2. The van der Waals surface area contributed by atoms with Crippen LogP contribution in [-0.2, 0) is 4.74 Å². The number of esters is 1. The number of carbonyl (C=O) groups excluding carboxylic acids is 1. The number of hydrogen-bond acceptors (Lipinski definition) is 9. The van der Waals surface area contributed by atoms with Crippen molar-refractivity contribution in [1.82, 2.24) is 20.3 Å². The van der Waals surface area contributed by atoms with Crippen LogP contribution in [0.5, 0.6) is 5.75 Å². The molecule has 0 aliphatic rings. The molecule has 0 aliphatic heterocycles. The molecule has 5 rings (SSSR count). The van der Waals surface area contributed by atoms with Crippen molar-refractivity contribution in [2.45, 2.75) is 20.0 Å². The first-order chi connectivity index (χ1) is 16.5. The van der Waals surface area contributed by atoms with Gasteiger partial charge in [0.15, 0.2) is 6.10 Å². The molecule has 0 saturated carbocycles. The van der Waals surface area contributed by atoms with Gasteiger partial charge in [-0.2, -0.15) is 0 Å². The Labute approximate surface area is 194 Å². The van der Waals surface area contributed by atoms with Crippen LogP contribution >= 0.6 is 0 Å². The second kappa shape index (κ2) is 8.78. The lowest BCUT2D eigenvalue weighted by Crippen LogP contribution is -2.11. The molecule has 9 nitrogen and oxygen atoms in total. The van der Waals surface area contributed by atoms with Gasteiger partial charge in [0.1, 0.15) is 5.75 Å². The molecule has 1 atom stereocenters. The first-order valence-corrected chi connectivity index (χ1v) is 10.5. The van der Waals surface area contributed by atoms with Crippen LogP contribution < -0.4 is 4.74 Å². The number of methoxy groups -OCH3 is 1. The minimum Gasteiger partial charge on any atom is -0.497 e. The summed E-state index contributed by atoms with van der Waals surface area (Å²) in [6.07, 6.45) is -0.782. The molecule has 5 aromatic rings. The molecule has 3 aromatic heterocycles. The minimum absolute atomic E-state index is 0.176. The van der Waals surface area contributed by atoms with Crippen molar-refractivity contribution in [2.24, 2.45) is 0 Å². The van der Waals surface area contributed by atoms with Crippen molar-refractivity contribution in [3.8, 4) is 28.5 Å². The Morgan fingerprint density at radius 1 is 1.00 bits per heavy atom. The molecule has 170 valence electrons. The number of hydrogen-bond donors (Lipinski definition) is 0. The predicted molar refractivity (Wildman–Crippen MR) is 122 cm³/mol. The van der Waals surface area contributed by atoms with Gasteiger partial charge in [-0.25, -0.2) is 9.78 Å². The highest BCUT2D eigenvalue weighted by Crippen LogP contribution is 2.29. The normalized spacial score (nSPS) is 12.0. The lowest BCUT2D eigenvalue weighted by Gasteiger charge is -2.11. The maximum atomic E-state index is 13.2. The Bertz CT molecular complexity index is 1460. The number of pyridine rings is 1. The van der Waals surface area contributed by atoms with E-state index in [4.69, 9.17) is 18.4 Å². The summed E-state index contributed by atoms with van der Waals surface area (Å²) in [7, 11) is 1.59. The summed E-state index contributed by atoms with van der Waals surface area (Å²) in [4.78, 5) is 17.7. The second-order valence-electron chi connectivity index (χ2n) is 7.59. The summed E-state index contributed by atoms with van der Waals surface area (Å²) >= 11 is 0. The maximum absolute atomic E-state index is 13.2. The van der Waals surface area contributed by atoms with Gasteiger partial charge in [0, 0.05) is 11.1 Å². The fourth-order valence-corrected chi connectivity index (χ4v) is 3.54. The zero-order valence-corrected chi connectivity index (χ0v) is 18.7. The van der Waals surface area contributed by atoms with Crippen molar-refractivity contribution < 1.29 is 23.2 Å². The van der Waals surface area contributed by atoms with Crippen LogP contribution in [0.4, 0.5) is 0 Å². The molecular formula is C25H20N4O5. The van der Waals surface area contributed by atoms with Crippen LogP contribution in [0.15, 0.2) is 69.6 Å². The third-order valence-electron chi connectivity index (χ3n) is 5.32. The SMILES string of the molecule is COc1ccc(-c2nnc(C(C)OC(=O)c3cc(-c4ccccc4)nc4onc(C)c34)o2)cc1. The smallest absolute Gasteiger partial charge is 0.339 e. The number of benzene rings is 2. The van der Waals surface area contributed by atoms with Gasteiger partial charge in [0.25, 0.3) is 11.6 Å². The van der Waals surface area contributed by atoms with Gasteiger partial charge in [0.05, 0.1) is 29.4 Å². The molecule has 0 N–H and O–H groups in total. The third-order valence-corrected chi connectivity index (χ3v) is 5.32. The van der Waals surface area contributed by atoms with Crippen LogP contribution in [0.3, 0.4) is 0 Å². The Morgan fingerprint density at radius 3 is 2.50 bits per heavy atom. The van der Waals surface area contributed by atoms with Crippen LogP contribution in [0.1, 0.15) is 35.0 Å². The molecule has 0 spiro atoms. The Kier molecular flexibility index (Phi) is 5.51. The van der Waals surface area contributed by atoms with E-state index in [1.54, 1.807) is 51.3 Å². The molecule has 1 unspecified atom stereocenters. The second-order valence-corrected chi connectivity index (χ2v) is 7.59. The molecule has 0 amide bonds. The average molecular weight is 456 g/mol. The highest BCUT2D eigenvalue weighted by molar-refractivity contribution is 6.04. The number of fused-ring (bicyclic) bond motifs is 1. The van der Waals surface area contributed by atoms with E-state index in [0.29, 0.717) is 34.0 Å². The molecule has 0 saturated heterocycles. The number of carbonyl (C=O) groups is 1. The zero-order valence-electron chi connectivity index (χ0n) is 18.7. The number of rotatable bonds is 6. The Morgan fingerprint density at radius 2 is 1.76 bits per heavy atom. The van der Waals surface area contributed by atoms with E-state index in [1.165, 1.54) is 0 Å². The highest BCUT2D eigenvalue weighted by Gasteiger charge is 2.24. The van der Waals surface area contributed by atoms with E-state index in [9.17, 15) is 4.79 Å². The van der Waals surface area contributed by atoms with E-state index in [-0.39, 0.29) is 11.6 Å². The van der Waals surface area contributed by atoms with Gasteiger partial charge in [-0.05, 0) is 44.2 Å². The van der Waals surface area contributed by atoms with Crippen LogP contribution in [0.2, 0.25) is 0 Å². The fourth-order valence-electron chi connectivity index (χ4n) is 3.54. The maximum Gasteiger partial charge on any atom is 0.339 e. The number of nitrogens with zero attached hydrogens (tertiary/aromatic N) is 4. The van der Waals surface area contributed by atoms with E-state index in [0.717, 1.165) is 11.1 Å². The van der Waals surface area contributed by atoms with Crippen LogP contribution in [0.25, 0.3) is 33.8 Å². The van der Waals surface area contributed by atoms with Crippen LogP contribution in [0, 0.1) is 6.92 Å². The van der Waals surface area contributed by atoms with Crippen molar-refractivity contribution >= 4 is 17.1 Å². The first kappa shape index (κ1) is 21.3. The van der Waals surface area contributed by atoms with Gasteiger partial charge in [-0.15, -0.1) is 10.2 Å². The predicted octanol–water partition coefficient (Wildman–Crippen LogP) is 5.17. The summed E-state index contributed by atoms with van der Waals surface area (Å²) in [6, 6.07) is 18.4. The monoisotopic (exact) mass is 456 g/mol. The quantitative estimate of drug-likeness (QED) is 0.319. The zero-order chi connectivity index (χ0) is 23.7. The van der Waals surface area contributed by atoms with Gasteiger partial charge in [-0.1, -0.05) is 35.5 Å². The lowest BCUT2D eigenvalue weighted by molar-refractivity contribution is 0.0282. The lowest BCUT2D eigenvalue weighted by atomic mass is 10.1. The molecule has 2 aromatic carbocycles. The van der Waals surface area contributed by atoms with Gasteiger partial charge in [0.2, 0.25) is 5.89 Å². The molecule has 0 bridgehead atoms. The van der Waals surface area contributed by atoms with Crippen molar-refractivity contribution in [3.05, 3.63) is 77.8 Å². The molecule has 0 radical (unpaired) electrons. The van der Waals surface area contributed by atoms with Crippen molar-refractivity contribution in [1.29, 1.82) is 0 Å². The number of aryl methyl sites for hydroxylation is 1. The van der Waals surface area contributed by atoms with E-state index in [1.807, 2.05) is 30.3 Å². The summed E-state index contributed by atoms with van der Waals surface area (Å²) in [5, 5.41) is 12.6. The molecule has 3 heterocycles. The van der Waals surface area contributed by atoms with Crippen molar-refractivity contribution in [3.63, 3.8) is 0 Å². The minimum atomic E-state index is -0.782. The van der Waals surface area contributed by atoms with E-state index >= 15 is 0 Å². The fraction of sp³-hybridized carbons (Fsp3) is 0.160. The molecular weight excluding hydrogens is 436 g/mol.